The lowest BCUT2D eigenvalue weighted by Crippen LogP contribution is -2.64. The Labute approximate surface area is 141 Å². The molecule has 0 radical (unpaired) electrons. The van der Waals surface area contributed by atoms with Crippen molar-refractivity contribution in [2.45, 2.75) is 61.3 Å². The van der Waals surface area contributed by atoms with Crippen LogP contribution >= 0.6 is 0 Å². The van der Waals surface area contributed by atoms with E-state index >= 15 is 0 Å². The number of ether oxygens (including phenoxy) is 4. The van der Waals surface area contributed by atoms with Gasteiger partial charge in [0.15, 0.2) is 18.6 Å². The molecule has 10 atom stereocenters. The molecule has 0 bridgehead atoms. The van der Waals surface area contributed by atoms with Crippen LogP contribution in [0.15, 0.2) is 0 Å². The third-order valence-electron chi connectivity index (χ3n) is 4.48. The van der Waals surface area contributed by atoms with Gasteiger partial charge in [-0.2, -0.15) is 0 Å². The maximum atomic E-state index is 11.3. The van der Waals surface area contributed by atoms with Crippen LogP contribution in [0.25, 0.3) is 0 Å². The largest absolute Gasteiger partial charge is 0.438 e. The number of rotatable bonds is 4. The number of carbonyl (C=O) groups excluding carboxylic acids is 1. The van der Waals surface area contributed by atoms with Gasteiger partial charge in [0.2, 0.25) is 0 Å². The summed E-state index contributed by atoms with van der Waals surface area (Å²) in [5.74, 6) is 0. The van der Waals surface area contributed by atoms with Crippen LogP contribution in [0, 0.1) is 0 Å². The summed E-state index contributed by atoms with van der Waals surface area (Å²) < 4.78 is 20.9. The first kappa shape index (κ1) is 18.7. The molecule has 12 heteroatoms. The van der Waals surface area contributed by atoms with Gasteiger partial charge in [-0.1, -0.05) is 0 Å². The van der Waals surface area contributed by atoms with Crippen molar-refractivity contribution in [2.24, 2.45) is 0 Å². The summed E-state index contributed by atoms with van der Waals surface area (Å²) in [7, 11) is 0. The summed E-state index contributed by atoms with van der Waals surface area (Å²) in [4.78, 5) is 11.3. The summed E-state index contributed by atoms with van der Waals surface area (Å²) >= 11 is 0. The highest BCUT2D eigenvalue weighted by atomic mass is 16.7. The molecule has 3 fully saturated rings. The first-order valence-electron chi connectivity index (χ1n) is 7.75. The zero-order valence-electron chi connectivity index (χ0n) is 12.9. The maximum absolute atomic E-state index is 11.3. The molecule has 12 nitrogen and oxygen atoms in total. The third-order valence-corrected chi connectivity index (χ3v) is 4.48. The minimum atomic E-state index is -1.69. The highest BCUT2D eigenvalue weighted by molar-refractivity contribution is 5.70. The average Bonchev–Trinajstić information content (AvgIpc) is 2.97. The van der Waals surface area contributed by atoms with Crippen molar-refractivity contribution in [3.8, 4) is 0 Å². The van der Waals surface area contributed by atoms with Crippen LogP contribution in [0.4, 0.5) is 4.79 Å². The number of amides is 1. The Balaban J connectivity index is 1.74. The molecule has 144 valence electrons. The molecule has 3 heterocycles. The molecule has 25 heavy (non-hydrogen) atoms. The Morgan fingerprint density at radius 3 is 2.24 bits per heavy atom. The molecule has 3 aliphatic rings. The quantitative estimate of drug-likeness (QED) is 0.253. The number of aliphatic hydroxyl groups is 6. The molecule has 1 amide bonds. The summed E-state index contributed by atoms with van der Waals surface area (Å²) in [5.41, 5.74) is 0. The summed E-state index contributed by atoms with van der Waals surface area (Å²) in [6, 6.07) is 0. The second-order valence-corrected chi connectivity index (χ2v) is 6.08. The number of nitrogens with one attached hydrogen (secondary N) is 1. The van der Waals surface area contributed by atoms with Crippen molar-refractivity contribution >= 4 is 6.09 Å². The zero-order chi connectivity index (χ0) is 18.3. The molecule has 0 aromatic heterocycles. The van der Waals surface area contributed by atoms with Crippen LogP contribution in [0.1, 0.15) is 0 Å². The highest BCUT2D eigenvalue weighted by Gasteiger charge is 2.54. The van der Waals surface area contributed by atoms with E-state index in [4.69, 9.17) is 18.9 Å². The van der Waals surface area contributed by atoms with Crippen LogP contribution < -0.4 is 5.32 Å². The van der Waals surface area contributed by atoms with Crippen LogP contribution in [0.5, 0.6) is 0 Å². The number of carbonyl (C=O) groups is 1. The number of fused-ring (bicyclic) bond motifs is 1. The van der Waals surface area contributed by atoms with Crippen molar-refractivity contribution in [2.75, 3.05) is 13.2 Å². The maximum Gasteiger partial charge on any atom is 0.409 e. The molecular weight excluding hydrogens is 346 g/mol. The Morgan fingerprint density at radius 1 is 0.920 bits per heavy atom. The normalized spacial score (nSPS) is 50.1. The Hall–Kier alpha value is -1.09. The number of hydrogen-bond donors (Lipinski definition) is 7. The van der Waals surface area contributed by atoms with Gasteiger partial charge in [-0.3, -0.25) is 5.32 Å². The van der Waals surface area contributed by atoms with E-state index in [-0.39, 0.29) is 0 Å². The van der Waals surface area contributed by atoms with Gasteiger partial charge in [0, 0.05) is 0 Å². The van der Waals surface area contributed by atoms with E-state index in [0.717, 1.165) is 0 Å². The predicted molar refractivity (Wildman–Crippen MR) is 73.8 cm³/mol. The molecule has 0 saturated carbocycles. The molecule has 3 aliphatic heterocycles. The van der Waals surface area contributed by atoms with Gasteiger partial charge in [0.1, 0.15) is 42.7 Å². The van der Waals surface area contributed by atoms with Crippen molar-refractivity contribution in [3.63, 3.8) is 0 Å². The first-order valence-corrected chi connectivity index (χ1v) is 7.75. The molecule has 3 rings (SSSR count). The summed E-state index contributed by atoms with van der Waals surface area (Å²) in [6.07, 6.45) is -14.3. The number of hydrogen-bond acceptors (Lipinski definition) is 11. The van der Waals surface area contributed by atoms with Crippen molar-refractivity contribution in [1.29, 1.82) is 0 Å². The molecule has 0 unspecified atom stereocenters. The van der Waals surface area contributed by atoms with E-state index in [1.807, 2.05) is 0 Å². The van der Waals surface area contributed by atoms with Gasteiger partial charge in [0.25, 0.3) is 0 Å². The third kappa shape index (κ3) is 3.32. The fourth-order valence-electron chi connectivity index (χ4n) is 3.10. The van der Waals surface area contributed by atoms with Gasteiger partial charge in [-0.15, -0.1) is 0 Å². The molecule has 7 N–H and O–H groups in total. The van der Waals surface area contributed by atoms with Crippen molar-refractivity contribution in [3.05, 3.63) is 0 Å². The second-order valence-electron chi connectivity index (χ2n) is 6.08. The molecule has 3 saturated heterocycles. The highest BCUT2D eigenvalue weighted by Crippen LogP contribution is 2.31. The lowest BCUT2D eigenvalue weighted by molar-refractivity contribution is -0.339. The fourth-order valence-corrected chi connectivity index (χ4v) is 3.10. The average molecular weight is 367 g/mol. The van der Waals surface area contributed by atoms with E-state index in [1.165, 1.54) is 0 Å². The van der Waals surface area contributed by atoms with Gasteiger partial charge >= 0.3 is 6.09 Å². The van der Waals surface area contributed by atoms with Crippen LogP contribution in [-0.2, 0) is 18.9 Å². The topological polar surface area (TPSA) is 187 Å². The Kier molecular flexibility index (Phi) is 5.43. The van der Waals surface area contributed by atoms with Crippen molar-refractivity contribution in [1.82, 2.24) is 5.32 Å². The standard InChI is InChI=1S/C13H21NO11/c15-1-3-5(17)6(18)7(19)12(23-3)24-9-4(2-16)22-11-10(8(9)20)25-13(21)14-11/h3-12,15-20H,1-2H2,(H,14,21)/t3-,4-,5-,6+,7-,8+,9-,10-,11-,12+/m1/s1. The minimum absolute atomic E-state index is 0.585. The predicted octanol–water partition coefficient (Wildman–Crippen LogP) is -4.64. The van der Waals surface area contributed by atoms with Crippen LogP contribution in [-0.4, -0.2) is 111 Å². The summed E-state index contributed by atoms with van der Waals surface area (Å²) in [6.45, 7) is -1.23. The van der Waals surface area contributed by atoms with Gasteiger partial charge < -0.3 is 49.6 Å². The van der Waals surface area contributed by atoms with Crippen LogP contribution in [0.3, 0.4) is 0 Å². The minimum Gasteiger partial charge on any atom is -0.438 e. The lowest BCUT2D eigenvalue weighted by atomic mass is 9.96. The zero-order valence-corrected chi connectivity index (χ0v) is 12.9. The number of aliphatic hydroxyl groups excluding tert-OH is 6. The van der Waals surface area contributed by atoms with Gasteiger partial charge in [-0.25, -0.2) is 4.79 Å². The second kappa shape index (κ2) is 7.26. The first-order chi connectivity index (χ1) is 11.9. The molecule has 0 aliphatic carbocycles. The van der Waals surface area contributed by atoms with Crippen molar-refractivity contribution < 1.29 is 54.4 Å². The van der Waals surface area contributed by atoms with Gasteiger partial charge in [0.05, 0.1) is 13.2 Å². The number of alkyl carbamates (subject to hydrolysis) is 1. The van der Waals surface area contributed by atoms with E-state index in [1.54, 1.807) is 0 Å². The Morgan fingerprint density at radius 2 is 1.60 bits per heavy atom. The SMILES string of the molecule is O=C1N[C@@H]2O[C@H](CO)[C@@H](O[C@@H]3O[C@H](CO)[C@@H](O)[C@H](O)[C@H]3O)[C@H](O)[C@H]2O1. The van der Waals surface area contributed by atoms with Crippen LogP contribution in [0.2, 0.25) is 0 Å². The Bertz CT molecular complexity index is 491. The summed E-state index contributed by atoms with van der Waals surface area (Å²) in [5, 5.41) is 60.9. The van der Waals surface area contributed by atoms with E-state index < -0.39 is 80.7 Å². The molecule has 0 spiro atoms. The van der Waals surface area contributed by atoms with E-state index in [9.17, 15) is 35.4 Å². The molecule has 0 aromatic rings. The van der Waals surface area contributed by atoms with E-state index in [0.29, 0.717) is 0 Å². The fraction of sp³-hybridized carbons (Fsp3) is 0.923. The molecule has 0 aromatic carbocycles. The van der Waals surface area contributed by atoms with E-state index in [2.05, 4.69) is 5.32 Å². The monoisotopic (exact) mass is 367 g/mol. The molecular formula is C13H21NO11. The smallest absolute Gasteiger partial charge is 0.409 e. The lowest BCUT2D eigenvalue weighted by Gasteiger charge is -2.45. The van der Waals surface area contributed by atoms with Gasteiger partial charge in [-0.05, 0) is 0 Å².